The summed E-state index contributed by atoms with van der Waals surface area (Å²) < 4.78 is 2.73. The molecule has 0 saturated heterocycles. The number of halogens is 1. The number of aryl methyl sites for hydroxylation is 1. The molecule has 1 aromatic heterocycles. The van der Waals surface area contributed by atoms with Gasteiger partial charge in [0.15, 0.2) is 0 Å². The second-order valence-electron chi connectivity index (χ2n) is 2.11. The van der Waals surface area contributed by atoms with Crippen LogP contribution < -0.4 is 0 Å². The Kier molecular flexibility index (Phi) is 2.11. The fourth-order valence-electron chi connectivity index (χ4n) is 0.753. The summed E-state index contributed by atoms with van der Waals surface area (Å²) in [5.74, 6) is 0.899. The lowest BCUT2D eigenvalue weighted by Crippen LogP contribution is -1.90. The molecule has 0 fully saturated rings. The molecule has 1 aromatic rings. The summed E-state index contributed by atoms with van der Waals surface area (Å²) in [6.07, 6.45) is 0. The van der Waals surface area contributed by atoms with Crippen molar-refractivity contribution in [3.05, 3.63) is 16.1 Å². The summed E-state index contributed by atoms with van der Waals surface area (Å²) in [6, 6.07) is 0. The highest BCUT2D eigenvalue weighted by Crippen LogP contribution is 2.16. The number of aromatic nitrogens is 2. The minimum atomic E-state index is -0.0116. The molecule has 0 aliphatic carbocycles. The zero-order valence-electron chi connectivity index (χ0n) is 5.93. The first-order valence-electron chi connectivity index (χ1n) is 2.95. The number of rotatable bonds is 1. The maximum absolute atomic E-state index is 8.75. The van der Waals surface area contributed by atoms with E-state index in [0.717, 1.165) is 10.4 Å². The summed E-state index contributed by atoms with van der Waals surface area (Å²) in [4.78, 5) is 4.09. The Morgan fingerprint density at radius 3 is 2.50 bits per heavy atom. The Labute approximate surface area is 67.8 Å². The van der Waals surface area contributed by atoms with Gasteiger partial charge >= 0.3 is 0 Å². The fraction of sp³-hybridized carbons (Fsp3) is 0.500. The number of imidazole rings is 1. The molecule has 0 aliphatic rings. The van der Waals surface area contributed by atoms with Crippen LogP contribution in [0.15, 0.2) is 4.60 Å². The molecule has 0 unspecified atom stereocenters. The van der Waals surface area contributed by atoms with Crippen LogP contribution in [0.3, 0.4) is 0 Å². The molecule has 0 spiro atoms. The van der Waals surface area contributed by atoms with Crippen molar-refractivity contribution in [2.75, 3.05) is 0 Å². The fourth-order valence-corrected chi connectivity index (χ4v) is 1.22. The van der Waals surface area contributed by atoms with E-state index >= 15 is 0 Å². The minimum absolute atomic E-state index is 0.0116. The lowest BCUT2D eigenvalue weighted by atomic mass is 10.5. The predicted octanol–water partition coefficient (Wildman–Crippen LogP) is 0.983. The van der Waals surface area contributed by atoms with Crippen LogP contribution >= 0.6 is 15.9 Å². The second-order valence-corrected chi connectivity index (χ2v) is 2.86. The van der Waals surface area contributed by atoms with Crippen molar-refractivity contribution in [2.45, 2.75) is 13.5 Å². The van der Waals surface area contributed by atoms with E-state index in [2.05, 4.69) is 20.9 Å². The molecular formula is C6H9BrN2O. The van der Waals surface area contributed by atoms with Gasteiger partial charge in [0.25, 0.3) is 0 Å². The van der Waals surface area contributed by atoms with E-state index < -0.39 is 0 Å². The standard InChI is InChI=1S/C6H9BrN2O/c1-4-8-5(3-10)6(7)9(4)2/h10H,3H2,1-2H3. The molecule has 4 heteroatoms. The lowest BCUT2D eigenvalue weighted by Gasteiger charge is -1.94. The van der Waals surface area contributed by atoms with Crippen LogP contribution in [0.25, 0.3) is 0 Å². The quantitative estimate of drug-likeness (QED) is 0.742. The van der Waals surface area contributed by atoms with E-state index in [4.69, 9.17) is 5.11 Å². The molecule has 1 N–H and O–H groups in total. The summed E-state index contributed by atoms with van der Waals surface area (Å²) in [7, 11) is 1.89. The summed E-state index contributed by atoms with van der Waals surface area (Å²) in [5.41, 5.74) is 0.694. The van der Waals surface area contributed by atoms with Gasteiger partial charge in [0.2, 0.25) is 0 Å². The van der Waals surface area contributed by atoms with Crippen LogP contribution in [-0.2, 0) is 13.7 Å². The molecule has 0 bridgehead atoms. The molecule has 3 nitrogen and oxygen atoms in total. The number of hydrogen-bond donors (Lipinski definition) is 1. The van der Waals surface area contributed by atoms with Crippen molar-refractivity contribution in [3.63, 3.8) is 0 Å². The van der Waals surface area contributed by atoms with Gasteiger partial charge < -0.3 is 9.67 Å². The maximum atomic E-state index is 8.75. The summed E-state index contributed by atoms with van der Waals surface area (Å²) in [6.45, 7) is 1.88. The molecular weight excluding hydrogens is 196 g/mol. The molecule has 10 heavy (non-hydrogen) atoms. The van der Waals surface area contributed by atoms with Gasteiger partial charge in [-0.05, 0) is 22.9 Å². The number of aliphatic hydroxyl groups is 1. The van der Waals surface area contributed by atoms with Crippen LogP contribution in [0.5, 0.6) is 0 Å². The van der Waals surface area contributed by atoms with Crippen LogP contribution in [-0.4, -0.2) is 14.7 Å². The van der Waals surface area contributed by atoms with E-state index in [0.29, 0.717) is 5.69 Å². The maximum Gasteiger partial charge on any atom is 0.110 e. The number of nitrogens with zero attached hydrogens (tertiary/aromatic N) is 2. The van der Waals surface area contributed by atoms with Gasteiger partial charge in [-0.25, -0.2) is 4.98 Å². The Morgan fingerprint density at radius 2 is 2.30 bits per heavy atom. The Hall–Kier alpha value is -0.350. The monoisotopic (exact) mass is 204 g/mol. The molecule has 1 heterocycles. The van der Waals surface area contributed by atoms with E-state index in [9.17, 15) is 0 Å². The molecule has 0 atom stereocenters. The normalized spacial score (nSPS) is 10.4. The van der Waals surface area contributed by atoms with Crippen LogP contribution in [0.4, 0.5) is 0 Å². The minimum Gasteiger partial charge on any atom is -0.390 e. The number of aliphatic hydroxyl groups excluding tert-OH is 1. The predicted molar refractivity (Wildman–Crippen MR) is 41.6 cm³/mol. The van der Waals surface area contributed by atoms with Gasteiger partial charge in [-0.2, -0.15) is 0 Å². The third kappa shape index (κ3) is 1.09. The molecule has 0 amide bonds. The van der Waals surface area contributed by atoms with Gasteiger partial charge in [0, 0.05) is 7.05 Å². The largest absolute Gasteiger partial charge is 0.390 e. The first-order valence-corrected chi connectivity index (χ1v) is 3.74. The van der Waals surface area contributed by atoms with Gasteiger partial charge in [0.05, 0.1) is 12.3 Å². The average Bonchev–Trinajstić information content (AvgIpc) is 2.17. The van der Waals surface area contributed by atoms with Gasteiger partial charge in [-0.15, -0.1) is 0 Å². The first-order chi connectivity index (χ1) is 4.66. The van der Waals surface area contributed by atoms with Crippen LogP contribution in [0.1, 0.15) is 11.5 Å². The van der Waals surface area contributed by atoms with E-state index in [1.165, 1.54) is 0 Å². The molecule has 56 valence electrons. The van der Waals surface area contributed by atoms with E-state index in [1.54, 1.807) is 0 Å². The topological polar surface area (TPSA) is 38.1 Å². The van der Waals surface area contributed by atoms with Gasteiger partial charge in [-0.3, -0.25) is 0 Å². The van der Waals surface area contributed by atoms with Gasteiger partial charge in [0.1, 0.15) is 10.4 Å². The van der Waals surface area contributed by atoms with Crippen molar-refractivity contribution < 1.29 is 5.11 Å². The first kappa shape index (κ1) is 7.75. The summed E-state index contributed by atoms with van der Waals surface area (Å²) in [5, 5.41) is 8.75. The molecule has 0 aliphatic heterocycles. The Balaban J connectivity index is 3.17. The highest BCUT2D eigenvalue weighted by molar-refractivity contribution is 9.10. The highest BCUT2D eigenvalue weighted by Gasteiger charge is 2.06. The van der Waals surface area contributed by atoms with E-state index in [1.807, 2.05) is 18.5 Å². The lowest BCUT2D eigenvalue weighted by molar-refractivity contribution is 0.276. The van der Waals surface area contributed by atoms with Crippen molar-refractivity contribution in [1.82, 2.24) is 9.55 Å². The van der Waals surface area contributed by atoms with Crippen molar-refractivity contribution >= 4 is 15.9 Å². The second kappa shape index (κ2) is 2.72. The summed E-state index contributed by atoms with van der Waals surface area (Å²) >= 11 is 3.30. The van der Waals surface area contributed by atoms with Crippen molar-refractivity contribution in [3.8, 4) is 0 Å². The van der Waals surface area contributed by atoms with E-state index in [-0.39, 0.29) is 6.61 Å². The molecule has 0 radical (unpaired) electrons. The Morgan fingerprint density at radius 1 is 1.70 bits per heavy atom. The smallest absolute Gasteiger partial charge is 0.110 e. The van der Waals surface area contributed by atoms with Crippen molar-refractivity contribution in [2.24, 2.45) is 7.05 Å². The van der Waals surface area contributed by atoms with Crippen LogP contribution in [0.2, 0.25) is 0 Å². The Bertz CT molecular complexity index is 244. The van der Waals surface area contributed by atoms with Crippen LogP contribution in [0, 0.1) is 6.92 Å². The van der Waals surface area contributed by atoms with Crippen molar-refractivity contribution in [1.29, 1.82) is 0 Å². The third-order valence-corrected chi connectivity index (χ3v) is 2.45. The molecule has 0 saturated carbocycles. The number of hydrogen-bond acceptors (Lipinski definition) is 2. The SMILES string of the molecule is Cc1nc(CO)c(Br)n1C. The average molecular weight is 205 g/mol. The zero-order chi connectivity index (χ0) is 7.72. The zero-order valence-corrected chi connectivity index (χ0v) is 7.51. The van der Waals surface area contributed by atoms with Gasteiger partial charge in [-0.1, -0.05) is 0 Å². The molecule has 1 rings (SSSR count). The third-order valence-electron chi connectivity index (χ3n) is 1.46. The molecule has 0 aromatic carbocycles. The highest BCUT2D eigenvalue weighted by atomic mass is 79.9.